The molecule has 10 heteroatoms. The SMILES string of the molecule is O=C(Nc1ccc(SC(C(=O)Nc2ccc(Cl)cc2)c2ccccc2)cc1)/C(=C/c1cccc(Cl)c1Cl)NC(=O)c1ccccc1. The summed E-state index contributed by atoms with van der Waals surface area (Å²) in [6.45, 7) is 0. The van der Waals surface area contributed by atoms with Gasteiger partial charge in [-0.25, -0.2) is 0 Å². The van der Waals surface area contributed by atoms with Gasteiger partial charge in [-0.1, -0.05) is 95.5 Å². The molecular weight excluding hydrogens is 661 g/mol. The highest BCUT2D eigenvalue weighted by atomic mass is 35.5. The molecule has 0 bridgehead atoms. The van der Waals surface area contributed by atoms with Crippen LogP contribution in [0, 0.1) is 0 Å². The molecule has 5 aromatic rings. The van der Waals surface area contributed by atoms with Crippen molar-refractivity contribution in [3.63, 3.8) is 0 Å². The number of anilines is 2. The molecule has 5 aromatic carbocycles. The van der Waals surface area contributed by atoms with E-state index in [1.165, 1.54) is 17.8 Å². The Labute approximate surface area is 285 Å². The molecule has 5 rings (SSSR count). The minimum atomic E-state index is -0.565. The molecule has 0 aliphatic rings. The van der Waals surface area contributed by atoms with Gasteiger partial charge in [0, 0.05) is 26.9 Å². The van der Waals surface area contributed by atoms with Gasteiger partial charge in [0.2, 0.25) is 5.91 Å². The lowest BCUT2D eigenvalue weighted by Gasteiger charge is -2.17. The monoisotopic (exact) mass is 685 g/mol. The van der Waals surface area contributed by atoms with Crippen molar-refractivity contribution in [2.24, 2.45) is 0 Å². The number of thioether (sulfide) groups is 1. The molecule has 0 aliphatic heterocycles. The van der Waals surface area contributed by atoms with Gasteiger partial charge in [0.1, 0.15) is 10.9 Å². The summed E-state index contributed by atoms with van der Waals surface area (Å²) >= 11 is 19.9. The van der Waals surface area contributed by atoms with Crippen molar-refractivity contribution >= 4 is 81.7 Å². The summed E-state index contributed by atoms with van der Waals surface area (Å²) in [4.78, 5) is 40.6. The van der Waals surface area contributed by atoms with Crippen LogP contribution in [-0.2, 0) is 9.59 Å². The molecule has 3 amide bonds. The highest BCUT2D eigenvalue weighted by Gasteiger charge is 2.23. The van der Waals surface area contributed by atoms with Gasteiger partial charge in [-0.15, -0.1) is 11.8 Å². The number of carbonyl (C=O) groups excluding carboxylic acids is 3. The van der Waals surface area contributed by atoms with Crippen molar-refractivity contribution in [3.05, 3.63) is 165 Å². The van der Waals surface area contributed by atoms with Crippen molar-refractivity contribution < 1.29 is 14.4 Å². The first-order chi connectivity index (χ1) is 22.3. The largest absolute Gasteiger partial charge is 0.325 e. The number of halogens is 3. The molecule has 6 nitrogen and oxygen atoms in total. The molecule has 1 atom stereocenters. The van der Waals surface area contributed by atoms with E-state index in [-0.39, 0.29) is 16.6 Å². The zero-order chi connectivity index (χ0) is 32.5. The molecular formula is C36H26Cl3N3O3S. The summed E-state index contributed by atoms with van der Waals surface area (Å²) in [6, 6.07) is 37.0. The lowest BCUT2D eigenvalue weighted by Crippen LogP contribution is -2.30. The molecule has 0 heterocycles. The summed E-state index contributed by atoms with van der Waals surface area (Å²) in [5.41, 5.74) is 2.76. The molecule has 0 fully saturated rings. The van der Waals surface area contributed by atoms with Crippen molar-refractivity contribution in [3.8, 4) is 0 Å². The summed E-state index contributed by atoms with van der Waals surface area (Å²) in [6.07, 6.45) is 1.47. The highest BCUT2D eigenvalue weighted by molar-refractivity contribution is 8.00. The average Bonchev–Trinajstić information content (AvgIpc) is 3.07. The lowest BCUT2D eigenvalue weighted by molar-refractivity contribution is -0.116. The number of nitrogens with one attached hydrogen (secondary N) is 3. The van der Waals surface area contributed by atoms with Gasteiger partial charge >= 0.3 is 0 Å². The number of hydrogen-bond donors (Lipinski definition) is 3. The highest BCUT2D eigenvalue weighted by Crippen LogP contribution is 2.37. The van der Waals surface area contributed by atoms with Crippen molar-refractivity contribution in [1.82, 2.24) is 5.32 Å². The summed E-state index contributed by atoms with van der Waals surface area (Å²) < 4.78 is 0. The second kappa shape index (κ2) is 15.7. The van der Waals surface area contributed by atoms with E-state index in [1.54, 1.807) is 84.9 Å². The van der Waals surface area contributed by atoms with Gasteiger partial charge in [0.05, 0.1) is 10.0 Å². The second-order valence-electron chi connectivity index (χ2n) is 9.90. The average molecular weight is 687 g/mol. The number of amides is 3. The molecule has 0 saturated carbocycles. The number of carbonyl (C=O) groups is 3. The number of benzene rings is 5. The molecule has 0 aromatic heterocycles. The Bertz CT molecular complexity index is 1870. The van der Waals surface area contributed by atoms with E-state index in [9.17, 15) is 14.4 Å². The molecule has 0 saturated heterocycles. The smallest absolute Gasteiger partial charge is 0.272 e. The first-order valence-electron chi connectivity index (χ1n) is 14.0. The Morgan fingerprint density at radius 1 is 0.652 bits per heavy atom. The maximum Gasteiger partial charge on any atom is 0.272 e. The normalized spacial score (nSPS) is 11.8. The summed E-state index contributed by atoms with van der Waals surface area (Å²) in [7, 11) is 0. The molecule has 46 heavy (non-hydrogen) atoms. The van der Waals surface area contributed by atoms with Crippen LogP contribution in [0.25, 0.3) is 6.08 Å². The fourth-order valence-corrected chi connectivity index (χ4v) is 5.84. The third-order valence-electron chi connectivity index (χ3n) is 6.63. The van der Waals surface area contributed by atoms with Crippen LogP contribution in [0.15, 0.2) is 138 Å². The fraction of sp³-hybridized carbons (Fsp3) is 0.0278. The van der Waals surface area contributed by atoms with Crippen LogP contribution in [-0.4, -0.2) is 17.7 Å². The van der Waals surface area contributed by atoms with E-state index in [2.05, 4.69) is 16.0 Å². The predicted octanol–water partition coefficient (Wildman–Crippen LogP) is 9.53. The Morgan fingerprint density at radius 3 is 1.93 bits per heavy atom. The van der Waals surface area contributed by atoms with Crippen LogP contribution in [0.5, 0.6) is 0 Å². The predicted molar refractivity (Wildman–Crippen MR) is 189 cm³/mol. The Balaban J connectivity index is 1.34. The molecule has 0 radical (unpaired) electrons. The maximum absolute atomic E-state index is 13.5. The molecule has 1 unspecified atom stereocenters. The zero-order valence-corrected chi connectivity index (χ0v) is 27.1. The van der Waals surface area contributed by atoms with Gasteiger partial charge in [0.15, 0.2) is 0 Å². The van der Waals surface area contributed by atoms with Crippen LogP contribution >= 0.6 is 46.6 Å². The van der Waals surface area contributed by atoms with E-state index in [1.807, 2.05) is 42.5 Å². The molecule has 230 valence electrons. The van der Waals surface area contributed by atoms with Crippen molar-refractivity contribution in [1.29, 1.82) is 0 Å². The Morgan fingerprint density at radius 2 is 1.26 bits per heavy atom. The van der Waals surface area contributed by atoms with Gasteiger partial charge in [-0.3, -0.25) is 14.4 Å². The van der Waals surface area contributed by atoms with E-state index in [4.69, 9.17) is 34.8 Å². The molecule has 3 N–H and O–H groups in total. The molecule has 0 aliphatic carbocycles. The van der Waals surface area contributed by atoms with Crippen LogP contribution < -0.4 is 16.0 Å². The quantitative estimate of drug-likeness (QED) is 0.101. The van der Waals surface area contributed by atoms with Gasteiger partial charge in [-0.05, 0) is 83.9 Å². The van der Waals surface area contributed by atoms with E-state index in [0.29, 0.717) is 32.5 Å². The van der Waals surface area contributed by atoms with E-state index >= 15 is 0 Å². The Hall–Kier alpha value is -4.53. The fourth-order valence-electron chi connectivity index (χ4n) is 4.32. The van der Waals surface area contributed by atoms with Crippen LogP contribution in [0.4, 0.5) is 11.4 Å². The summed E-state index contributed by atoms with van der Waals surface area (Å²) in [5, 5.41) is 9.06. The maximum atomic E-state index is 13.5. The third-order valence-corrected chi connectivity index (χ3v) is 8.98. The topological polar surface area (TPSA) is 87.3 Å². The third kappa shape index (κ3) is 8.80. The van der Waals surface area contributed by atoms with E-state index in [0.717, 1.165) is 10.5 Å². The first-order valence-corrected chi connectivity index (χ1v) is 16.0. The van der Waals surface area contributed by atoms with Crippen molar-refractivity contribution in [2.75, 3.05) is 10.6 Å². The number of hydrogen-bond acceptors (Lipinski definition) is 4. The summed E-state index contributed by atoms with van der Waals surface area (Å²) in [5.74, 6) is -1.22. The van der Waals surface area contributed by atoms with E-state index < -0.39 is 17.1 Å². The minimum Gasteiger partial charge on any atom is -0.325 e. The number of rotatable bonds is 10. The van der Waals surface area contributed by atoms with Crippen LogP contribution in [0.3, 0.4) is 0 Å². The Kier molecular flexibility index (Phi) is 11.2. The standard InChI is InChI=1S/C36H26Cl3N3O3S/c37-26-14-16-27(17-15-26)41-36(45)33(23-8-3-1-4-9-23)46-29-20-18-28(19-21-29)40-35(44)31(22-25-12-7-13-30(38)32(25)39)42-34(43)24-10-5-2-6-11-24/h1-22,33H,(H,40,44)(H,41,45)(H,42,43)/b31-22-. The van der Waals surface area contributed by atoms with Crippen molar-refractivity contribution in [2.45, 2.75) is 10.1 Å². The second-order valence-corrected chi connectivity index (χ2v) is 12.3. The molecule has 0 spiro atoms. The van der Waals surface area contributed by atoms with Gasteiger partial charge in [0.25, 0.3) is 11.8 Å². The zero-order valence-electron chi connectivity index (χ0n) is 24.0. The van der Waals surface area contributed by atoms with Crippen LogP contribution in [0.1, 0.15) is 26.7 Å². The minimum absolute atomic E-state index is 0.0283. The first kappa shape index (κ1) is 32.9. The van der Waals surface area contributed by atoms with Crippen LogP contribution in [0.2, 0.25) is 15.1 Å². The van der Waals surface area contributed by atoms with Gasteiger partial charge in [-0.2, -0.15) is 0 Å². The van der Waals surface area contributed by atoms with Gasteiger partial charge < -0.3 is 16.0 Å². The lowest BCUT2D eigenvalue weighted by atomic mass is 10.1.